The van der Waals surface area contributed by atoms with Gasteiger partial charge in [-0.05, 0) is 31.0 Å². The molecule has 3 rings (SSSR count). The Kier molecular flexibility index (Phi) is 3.61. The minimum atomic E-state index is -0.376. The quantitative estimate of drug-likeness (QED) is 0.889. The summed E-state index contributed by atoms with van der Waals surface area (Å²) < 4.78 is 0. The Bertz CT molecular complexity index is 417. The van der Waals surface area contributed by atoms with Gasteiger partial charge in [-0.25, -0.2) is 0 Å². The van der Waals surface area contributed by atoms with Crippen LogP contribution in [0.3, 0.4) is 0 Å². The number of benzene rings is 1. The first-order valence-corrected chi connectivity index (χ1v) is 7.34. The van der Waals surface area contributed by atoms with E-state index in [1.165, 1.54) is 24.2 Å². The van der Waals surface area contributed by atoms with Gasteiger partial charge in [0.15, 0.2) is 0 Å². The van der Waals surface area contributed by atoms with Crippen LogP contribution in [-0.2, 0) is 13.0 Å². The molecule has 0 atom stereocenters. The summed E-state index contributed by atoms with van der Waals surface area (Å²) >= 11 is 0. The molecule has 1 aliphatic heterocycles. The number of rotatable bonds is 4. The molecule has 104 valence electrons. The number of likely N-dealkylation sites (N-methyl/N-ethyl adjacent to an activating group) is 1. The van der Waals surface area contributed by atoms with Crippen molar-refractivity contribution in [2.45, 2.75) is 31.4 Å². The SMILES string of the molecule is CN1CCN(Cc2ccc(CC3(O)CC3)cc2)CC1. The van der Waals surface area contributed by atoms with Gasteiger partial charge in [0, 0.05) is 39.1 Å². The lowest BCUT2D eigenvalue weighted by molar-refractivity contribution is 0.148. The van der Waals surface area contributed by atoms with Crippen molar-refractivity contribution in [2.75, 3.05) is 33.2 Å². The second-order valence-corrected chi connectivity index (χ2v) is 6.30. The standard InChI is InChI=1S/C16H24N2O/c1-17-8-10-18(11-9-17)13-15-4-2-14(3-5-15)12-16(19)6-7-16/h2-5,19H,6-13H2,1H3. The van der Waals surface area contributed by atoms with E-state index in [2.05, 4.69) is 41.1 Å². The molecular weight excluding hydrogens is 236 g/mol. The summed E-state index contributed by atoms with van der Waals surface area (Å²) in [7, 11) is 2.19. The van der Waals surface area contributed by atoms with E-state index >= 15 is 0 Å². The summed E-state index contributed by atoms with van der Waals surface area (Å²) in [5.74, 6) is 0. The van der Waals surface area contributed by atoms with Crippen LogP contribution in [0, 0.1) is 0 Å². The molecule has 3 nitrogen and oxygen atoms in total. The highest BCUT2D eigenvalue weighted by Gasteiger charge is 2.39. The van der Waals surface area contributed by atoms with Crippen LogP contribution in [0.4, 0.5) is 0 Å². The van der Waals surface area contributed by atoms with E-state index in [0.29, 0.717) is 0 Å². The molecular formula is C16H24N2O. The van der Waals surface area contributed by atoms with Gasteiger partial charge in [0.1, 0.15) is 0 Å². The Morgan fingerprint density at radius 3 is 2.16 bits per heavy atom. The van der Waals surface area contributed by atoms with Gasteiger partial charge < -0.3 is 10.0 Å². The van der Waals surface area contributed by atoms with Gasteiger partial charge in [0.2, 0.25) is 0 Å². The van der Waals surface area contributed by atoms with Crippen LogP contribution >= 0.6 is 0 Å². The van der Waals surface area contributed by atoms with Crippen LogP contribution < -0.4 is 0 Å². The van der Waals surface area contributed by atoms with E-state index in [9.17, 15) is 5.11 Å². The van der Waals surface area contributed by atoms with E-state index in [0.717, 1.165) is 38.9 Å². The second kappa shape index (κ2) is 5.23. The number of piperazine rings is 1. The lowest BCUT2D eigenvalue weighted by Gasteiger charge is -2.32. The first kappa shape index (κ1) is 13.1. The first-order chi connectivity index (χ1) is 9.13. The molecule has 2 aliphatic rings. The molecule has 1 saturated heterocycles. The molecule has 2 fully saturated rings. The number of nitrogens with zero attached hydrogens (tertiary/aromatic N) is 2. The zero-order valence-corrected chi connectivity index (χ0v) is 11.8. The van der Waals surface area contributed by atoms with Crippen molar-refractivity contribution in [1.82, 2.24) is 9.80 Å². The highest BCUT2D eigenvalue weighted by Crippen LogP contribution is 2.38. The molecule has 1 aromatic rings. The Hall–Kier alpha value is -0.900. The van der Waals surface area contributed by atoms with Crippen molar-refractivity contribution < 1.29 is 5.11 Å². The maximum atomic E-state index is 9.92. The average Bonchev–Trinajstić information content (AvgIpc) is 3.12. The Morgan fingerprint density at radius 2 is 1.58 bits per heavy atom. The minimum Gasteiger partial charge on any atom is -0.390 e. The van der Waals surface area contributed by atoms with Gasteiger partial charge in [0.05, 0.1) is 5.60 Å². The van der Waals surface area contributed by atoms with E-state index in [4.69, 9.17) is 0 Å². The molecule has 19 heavy (non-hydrogen) atoms. The molecule has 1 saturated carbocycles. The third kappa shape index (κ3) is 3.56. The van der Waals surface area contributed by atoms with Gasteiger partial charge in [-0.3, -0.25) is 4.90 Å². The summed E-state index contributed by atoms with van der Waals surface area (Å²) in [6, 6.07) is 8.81. The summed E-state index contributed by atoms with van der Waals surface area (Å²) in [6.07, 6.45) is 2.76. The largest absolute Gasteiger partial charge is 0.390 e. The molecule has 0 bridgehead atoms. The lowest BCUT2D eigenvalue weighted by atomic mass is 10.0. The fourth-order valence-corrected chi connectivity index (χ4v) is 2.73. The fourth-order valence-electron chi connectivity index (χ4n) is 2.73. The summed E-state index contributed by atoms with van der Waals surface area (Å²) in [5, 5.41) is 9.92. The lowest BCUT2D eigenvalue weighted by Crippen LogP contribution is -2.43. The molecule has 1 N–H and O–H groups in total. The van der Waals surface area contributed by atoms with E-state index in [1.54, 1.807) is 0 Å². The number of hydrogen-bond donors (Lipinski definition) is 1. The summed E-state index contributed by atoms with van der Waals surface area (Å²) in [4.78, 5) is 4.90. The van der Waals surface area contributed by atoms with Gasteiger partial charge >= 0.3 is 0 Å². The molecule has 0 radical (unpaired) electrons. The average molecular weight is 260 g/mol. The van der Waals surface area contributed by atoms with Gasteiger partial charge in [0.25, 0.3) is 0 Å². The van der Waals surface area contributed by atoms with Crippen molar-refractivity contribution in [3.63, 3.8) is 0 Å². The van der Waals surface area contributed by atoms with Crippen molar-refractivity contribution in [1.29, 1.82) is 0 Å². The fraction of sp³-hybridized carbons (Fsp3) is 0.625. The number of aliphatic hydroxyl groups is 1. The monoisotopic (exact) mass is 260 g/mol. The van der Waals surface area contributed by atoms with E-state index < -0.39 is 0 Å². The minimum absolute atomic E-state index is 0.376. The zero-order chi connectivity index (χ0) is 13.3. The van der Waals surface area contributed by atoms with Gasteiger partial charge in [-0.15, -0.1) is 0 Å². The molecule has 1 aromatic carbocycles. The van der Waals surface area contributed by atoms with Crippen molar-refractivity contribution in [3.8, 4) is 0 Å². The Balaban J connectivity index is 1.54. The van der Waals surface area contributed by atoms with Crippen LogP contribution in [0.15, 0.2) is 24.3 Å². The van der Waals surface area contributed by atoms with E-state index in [-0.39, 0.29) is 5.60 Å². The van der Waals surface area contributed by atoms with Gasteiger partial charge in [-0.1, -0.05) is 24.3 Å². The molecule has 0 spiro atoms. The van der Waals surface area contributed by atoms with Crippen molar-refractivity contribution >= 4 is 0 Å². The smallest absolute Gasteiger partial charge is 0.0690 e. The third-order valence-corrected chi connectivity index (χ3v) is 4.39. The van der Waals surface area contributed by atoms with Crippen LogP contribution in [0.1, 0.15) is 24.0 Å². The van der Waals surface area contributed by atoms with Crippen molar-refractivity contribution in [3.05, 3.63) is 35.4 Å². The van der Waals surface area contributed by atoms with Gasteiger partial charge in [-0.2, -0.15) is 0 Å². The van der Waals surface area contributed by atoms with Crippen LogP contribution in [0.5, 0.6) is 0 Å². The highest BCUT2D eigenvalue weighted by atomic mass is 16.3. The molecule has 0 unspecified atom stereocenters. The maximum Gasteiger partial charge on any atom is 0.0690 e. The summed E-state index contributed by atoms with van der Waals surface area (Å²) in [6.45, 7) is 5.73. The van der Waals surface area contributed by atoms with E-state index in [1.807, 2.05) is 0 Å². The molecule has 0 aromatic heterocycles. The molecule has 3 heteroatoms. The predicted octanol–water partition coefficient (Wildman–Crippen LogP) is 1.50. The molecule has 1 aliphatic carbocycles. The van der Waals surface area contributed by atoms with Crippen LogP contribution in [-0.4, -0.2) is 53.7 Å². The summed E-state index contributed by atoms with van der Waals surface area (Å²) in [5.41, 5.74) is 2.28. The maximum absolute atomic E-state index is 9.92. The van der Waals surface area contributed by atoms with Crippen molar-refractivity contribution in [2.24, 2.45) is 0 Å². The normalized spacial score (nSPS) is 23.5. The topological polar surface area (TPSA) is 26.7 Å². The predicted molar refractivity (Wildman–Crippen MR) is 77.1 cm³/mol. The molecule has 1 heterocycles. The highest BCUT2D eigenvalue weighted by molar-refractivity contribution is 5.25. The Labute approximate surface area is 115 Å². The van der Waals surface area contributed by atoms with Crippen LogP contribution in [0.25, 0.3) is 0 Å². The Morgan fingerprint density at radius 1 is 1.00 bits per heavy atom. The van der Waals surface area contributed by atoms with Crippen LogP contribution in [0.2, 0.25) is 0 Å². The third-order valence-electron chi connectivity index (χ3n) is 4.39. The first-order valence-electron chi connectivity index (χ1n) is 7.34. The zero-order valence-electron chi connectivity index (χ0n) is 11.8. The molecule has 0 amide bonds. The second-order valence-electron chi connectivity index (χ2n) is 6.30. The number of hydrogen-bond acceptors (Lipinski definition) is 3.